The Morgan fingerprint density at radius 3 is 2.46 bits per heavy atom. The zero-order valence-corrected chi connectivity index (χ0v) is 15.8. The van der Waals surface area contributed by atoms with E-state index in [4.69, 9.17) is 23.2 Å². The number of hydrogen-bond donors (Lipinski definition) is 2. The molecule has 5 nitrogen and oxygen atoms in total. The molecule has 0 aliphatic carbocycles. The maximum Gasteiger partial charge on any atom is 0.573 e. The smallest absolute Gasteiger partial charge is 0.406 e. The lowest BCUT2D eigenvalue weighted by Crippen LogP contribution is -2.17. The first-order chi connectivity index (χ1) is 13.2. The molecule has 0 saturated heterocycles. The summed E-state index contributed by atoms with van der Waals surface area (Å²) in [5, 5.41) is 6.73. The summed E-state index contributed by atoms with van der Waals surface area (Å²) >= 11 is 12.1. The van der Waals surface area contributed by atoms with E-state index in [2.05, 4.69) is 25.3 Å². The van der Waals surface area contributed by atoms with Crippen LogP contribution < -0.4 is 15.4 Å². The molecule has 1 aromatic heterocycles. The zero-order chi connectivity index (χ0) is 20.3. The van der Waals surface area contributed by atoms with Crippen molar-refractivity contribution in [2.75, 3.05) is 17.7 Å². The zero-order valence-electron chi connectivity index (χ0n) is 14.3. The lowest BCUT2D eigenvalue weighted by atomic mass is 10.1. The van der Waals surface area contributed by atoms with Crippen LogP contribution in [0.4, 0.5) is 30.6 Å². The Morgan fingerprint density at radius 2 is 1.79 bits per heavy atom. The molecule has 0 atom stereocenters. The first-order valence-corrected chi connectivity index (χ1v) is 8.64. The average molecular weight is 429 g/mol. The number of anilines is 3. The molecule has 2 N–H and O–H groups in total. The third kappa shape index (κ3) is 5.17. The lowest BCUT2D eigenvalue weighted by Gasteiger charge is -2.12. The second-order valence-electron chi connectivity index (χ2n) is 5.54. The molecule has 10 heteroatoms. The van der Waals surface area contributed by atoms with E-state index in [-0.39, 0.29) is 11.7 Å². The predicted octanol–water partition coefficient (Wildman–Crippen LogP) is 6.13. The normalized spacial score (nSPS) is 11.2. The second-order valence-corrected chi connectivity index (χ2v) is 6.38. The second kappa shape index (κ2) is 8.12. The van der Waals surface area contributed by atoms with Crippen molar-refractivity contribution in [3.05, 3.63) is 58.6 Å². The van der Waals surface area contributed by atoms with E-state index in [1.807, 2.05) is 0 Å². The van der Waals surface area contributed by atoms with Crippen molar-refractivity contribution in [2.24, 2.45) is 0 Å². The molecule has 0 aliphatic heterocycles. The Bertz CT molecular complexity index is 999. The van der Waals surface area contributed by atoms with Crippen LogP contribution in [0.2, 0.25) is 10.0 Å². The Balaban J connectivity index is 1.96. The summed E-state index contributed by atoms with van der Waals surface area (Å²) < 4.78 is 41.4. The highest BCUT2D eigenvalue weighted by Gasteiger charge is 2.31. The number of nitrogens with zero attached hydrogens (tertiary/aromatic N) is 2. The molecule has 0 radical (unpaired) electrons. The van der Waals surface area contributed by atoms with Crippen LogP contribution in [0, 0.1) is 0 Å². The van der Waals surface area contributed by atoms with Gasteiger partial charge in [-0.1, -0.05) is 35.3 Å². The maximum absolute atomic E-state index is 12.5. The number of nitrogens with one attached hydrogen (secondary N) is 2. The molecule has 2 aromatic carbocycles. The van der Waals surface area contributed by atoms with Gasteiger partial charge in [0.1, 0.15) is 11.6 Å². The van der Waals surface area contributed by atoms with E-state index < -0.39 is 6.36 Å². The molecule has 0 bridgehead atoms. The fourth-order valence-electron chi connectivity index (χ4n) is 2.35. The topological polar surface area (TPSA) is 59.1 Å². The molecule has 0 saturated carbocycles. The molecular weight excluding hydrogens is 416 g/mol. The Labute approximate surface area is 168 Å². The van der Waals surface area contributed by atoms with Crippen molar-refractivity contribution in [3.8, 4) is 17.0 Å². The number of benzene rings is 2. The average Bonchev–Trinajstić information content (AvgIpc) is 2.62. The Kier molecular flexibility index (Phi) is 5.81. The van der Waals surface area contributed by atoms with Gasteiger partial charge in [-0.25, -0.2) is 4.98 Å². The van der Waals surface area contributed by atoms with E-state index in [1.165, 1.54) is 18.2 Å². The monoisotopic (exact) mass is 428 g/mol. The van der Waals surface area contributed by atoms with Gasteiger partial charge in [0, 0.05) is 23.7 Å². The lowest BCUT2D eigenvalue weighted by molar-refractivity contribution is -0.274. The summed E-state index contributed by atoms with van der Waals surface area (Å²) in [4.78, 5) is 8.57. The van der Waals surface area contributed by atoms with Crippen molar-refractivity contribution in [1.82, 2.24) is 9.97 Å². The number of rotatable bonds is 5. The van der Waals surface area contributed by atoms with Crippen LogP contribution in [0.5, 0.6) is 5.75 Å². The fraction of sp³-hybridized carbons (Fsp3) is 0.111. The Morgan fingerprint density at radius 1 is 1.00 bits per heavy atom. The van der Waals surface area contributed by atoms with Crippen LogP contribution >= 0.6 is 23.2 Å². The van der Waals surface area contributed by atoms with Gasteiger partial charge in [-0.2, -0.15) is 4.98 Å². The molecule has 3 rings (SSSR count). The SMILES string of the molecule is CNc1nc(Nc2ccc(Cl)cc2Cl)cc(-c2cccc(OC(F)(F)F)c2)n1. The first kappa shape index (κ1) is 20.0. The predicted molar refractivity (Wildman–Crippen MR) is 103 cm³/mol. The summed E-state index contributed by atoms with van der Waals surface area (Å²) in [5.74, 6) is 0.317. The molecule has 0 spiro atoms. The minimum Gasteiger partial charge on any atom is -0.406 e. The largest absolute Gasteiger partial charge is 0.573 e. The van der Waals surface area contributed by atoms with E-state index in [9.17, 15) is 13.2 Å². The van der Waals surface area contributed by atoms with E-state index in [0.717, 1.165) is 0 Å². The van der Waals surface area contributed by atoms with Crippen molar-refractivity contribution < 1.29 is 17.9 Å². The molecule has 0 amide bonds. The summed E-state index contributed by atoms with van der Waals surface area (Å²) in [7, 11) is 1.63. The maximum atomic E-state index is 12.5. The number of halogens is 5. The van der Waals surface area contributed by atoms with Gasteiger partial charge < -0.3 is 15.4 Å². The van der Waals surface area contributed by atoms with Gasteiger partial charge in [0.25, 0.3) is 0 Å². The van der Waals surface area contributed by atoms with Crippen LogP contribution in [-0.4, -0.2) is 23.4 Å². The van der Waals surface area contributed by atoms with Gasteiger partial charge >= 0.3 is 6.36 Å². The van der Waals surface area contributed by atoms with E-state index >= 15 is 0 Å². The van der Waals surface area contributed by atoms with Crippen LogP contribution in [0.1, 0.15) is 0 Å². The van der Waals surface area contributed by atoms with Gasteiger partial charge in [0.2, 0.25) is 5.95 Å². The highest BCUT2D eigenvalue weighted by Crippen LogP contribution is 2.31. The van der Waals surface area contributed by atoms with Crippen molar-refractivity contribution >= 4 is 40.7 Å². The molecule has 0 fully saturated rings. The quantitative estimate of drug-likeness (QED) is 0.511. The van der Waals surface area contributed by atoms with Crippen LogP contribution in [0.3, 0.4) is 0 Å². The number of alkyl halides is 3. The Hall–Kier alpha value is -2.71. The third-order valence-electron chi connectivity index (χ3n) is 3.51. The highest BCUT2D eigenvalue weighted by atomic mass is 35.5. The number of ether oxygens (including phenoxy) is 1. The first-order valence-electron chi connectivity index (χ1n) is 7.88. The number of hydrogen-bond acceptors (Lipinski definition) is 5. The summed E-state index contributed by atoms with van der Waals surface area (Å²) in [5.41, 5.74) is 1.37. The van der Waals surface area contributed by atoms with Crippen molar-refractivity contribution in [3.63, 3.8) is 0 Å². The van der Waals surface area contributed by atoms with Crippen LogP contribution in [0.25, 0.3) is 11.3 Å². The minimum atomic E-state index is -4.78. The molecule has 0 aliphatic rings. The summed E-state index contributed by atoms with van der Waals surface area (Å²) in [6, 6.07) is 12.0. The van der Waals surface area contributed by atoms with Crippen LogP contribution in [0.15, 0.2) is 48.5 Å². The minimum absolute atomic E-state index is 0.271. The standard InChI is InChI=1S/C18H13Cl2F3N4O/c1-24-17-26-15(10-3-2-4-12(7-10)28-18(21,22)23)9-16(27-17)25-14-6-5-11(19)8-13(14)20/h2-9H,1H3,(H2,24,25,26,27). The molecule has 3 aromatic rings. The molecule has 146 valence electrons. The summed E-state index contributed by atoms with van der Waals surface area (Å²) in [6.45, 7) is 0. The van der Waals surface area contributed by atoms with Crippen molar-refractivity contribution in [1.29, 1.82) is 0 Å². The van der Waals surface area contributed by atoms with E-state index in [1.54, 1.807) is 37.4 Å². The molecule has 28 heavy (non-hydrogen) atoms. The highest BCUT2D eigenvalue weighted by molar-refractivity contribution is 6.36. The van der Waals surface area contributed by atoms with Gasteiger partial charge in [-0.15, -0.1) is 13.2 Å². The van der Waals surface area contributed by atoms with Crippen LogP contribution in [-0.2, 0) is 0 Å². The fourth-order valence-corrected chi connectivity index (χ4v) is 2.81. The van der Waals surface area contributed by atoms with E-state index in [0.29, 0.717) is 32.8 Å². The van der Waals surface area contributed by atoms with Crippen molar-refractivity contribution in [2.45, 2.75) is 6.36 Å². The van der Waals surface area contributed by atoms with Gasteiger partial charge in [-0.3, -0.25) is 0 Å². The summed E-state index contributed by atoms with van der Waals surface area (Å²) in [6.07, 6.45) is -4.78. The van der Waals surface area contributed by atoms with Gasteiger partial charge in [0.15, 0.2) is 0 Å². The van der Waals surface area contributed by atoms with Gasteiger partial charge in [-0.05, 0) is 30.3 Å². The molecule has 1 heterocycles. The number of aromatic nitrogens is 2. The molecular formula is C18H13Cl2F3N4O. The molecule has 0 unspecified atom stereocenters. The third-order valence-corrected chi connectivity index (χ3v) is 4.05. The van der Waals surface area contributed by atoms with Gasteiger partial charge in [0.05, 0.1) is 16.4 Å².